The standard InChI is InChI=1S/C12H14F3N5/c1-2-4-20-5-3-17-10(20)7-8-6-9(16)19-11(18-8)12(13,14)15/h3,5-6H,2,4,7H2,1H3,(H2,16,18,19). The number of rotatable bonds is 4. The van der Waals surface area contributed by atoms with Gasteiger partial charge < -0.3 is 10.3 Å². The van der Waals surface area contributed by atoms with Gasteiger partial charge in [0.25, 0.3) is 0 Å². The molecule has 0 amide bonds. The molecule has 0 aliphatic rings. The van der Waals surface area contributed by atoms with Crippen LogP contribution in [-0.4, -0.2) is 19.5 Å². The summed E-state index contributed by atoms with van der Waals surface area (Å²) in [4.78, 5) is 10.9. The number of aryl methyl sites for hydroxylation is 1. The van der Waals surface area contributed by atoms with E-state index in [9.17, 15) is 13.2 Å². The van der Waals surface area contributed by atoms with E-state index >= 15 is 0 Å². The molecule has 20 heavy (non-hydrogen) atoms. The lowest BCUT2D eigenvalue weighted by atomic mass is 10.2. The smallest absolute Gasteiger partial charge is 0.384 e. The number of imidazole rings is 1. The van der Waals surface area contributed by atoms with Gasteiger partial charge in [-0.05, 0) is 6.42 Å². The van der Waals surface area contributed by atoms with Crippen LogP contribution in [0.3, 0.4) is 0 Å². The lowest BCUT2D eigenvalue weighted by molar-refractivity contribution is -0.145. The molecule has 0 saturated carbocycles. The molecule has 0 radical (unpaired) electrons. The van der Waals surface area contributed by atoms with Gasteiger partial charge in [0.15, 0.2) is 0 Å². The zero-order valence-corrected chi connectivity index (χ0v) is 10.9. The molecular weight excluding hydrogens is 271 g/mol. The SMILES string of the molecule is CCCn1ccnc1Cc1cc(N)nc(C(F)(F)F)n1. The lowest BCUT2D eigenvalue weighted by Gasteiger charge is -2.09. The Morgan fingerprint density at radius 2 is 2.05 bits per heavy atom. The highest BCUT2D eigenvalue weighted by Gasteiger charge is 2.35. The Bertz CT molecular complexity index is 591. The van der Waals surface area contributed by atoms with E-state index in [0.29, 0.717) is 5.82 Å². The van der Waals surface area contributed by atoms with Gasteiger partial charge >= 0.3 is 6.18 Å². The number of nitrogens with two attached hydrogens (primary N) is 1. The molecule has 5 nitrogen and oxygen atoms in total. The van der Waals surface area contributed by atoms with Crippen LogP contribution in [0.2, 0.25) is 0 Å². The second kappa shape index (κ2) is 5.48. The van der Waals surface area contributed by atoms with Crippen LogP contribution in [0.15, 0.2) is 18.5 Å². The fourth-order valence-electron chi connectivity index (χ4n) is 1.85. The second-order valence-electron chi connectivity index (χ2n) is 4.32. The first-order valence-electron chi connectivity index (χ1n) is 6.10. The summed E-state index contributed by atoms with van der Waals surface area (Å²) in [5.41, 5.74) is 5.61. The summed E-state index contributed by atoms with van der Waals surface area (Å²) < 4.78 is 39.8. The predicted molar refractivity (Wildman–Crippen MR) is 66.8 cm³/mol. The largest absolute Gasteiger partial charge is 0.451 e. The van der Waals surface area contributed by atoms with Crippen molar-refractivity contribution in [2.24, 2.45) is 0 Å². The predicted octanol–water partition coefficient (Wildman–Crippen LogP) is 2.27. The summed E-state index contributed by atoms with van der Waals surface area (Å²) >= 11 is 0. The number of hydrogen-bond donors (Lipinski definition) is 1. The highest BCUT2D eigenvalue weighted by Crippen LogP contribution is 2.27. The molecule has 0 atom stereocenters. The van der Waals surface area contributed by atoms with Gasteiger partial charge in [-0.15, -0.1) is 0 Å². The lowest BCUT2D eigenvalue weighted by Crippen LogP contribution is -2.15. The third kappa shape index (κ3) is 3.25. The Hall–Kier alpha value is -2.12. The van der Waals surface area contributed by atoms with E-state index in [-0.39, 0.29) is 17.9 Å². The van der Waals surface area contributed by atoms with E-state index < -0.39 is 12.0 Å². The van der Waals surface area contributed by atoms with Crippen molar-refractivity contribution in [2.45, 2.75) is 32.5 Å². The van der Waals surface area contributed by atoms with E-state index in [0.717, 1.165) is 13.0 Å². The Kier molecular flexibility index (Phi) is 3.91. The van der Waals surface area contributed by atoms with Crippen LogP contribution >= 0.6 is 0 Å². The van der Waals surface area contributed by atoms with Gasteiger partial charge in [-0.2, -0.15) is 13.2 Å². The van der Waals surface area contributed by atoms with Crippen molar-refractivity contribution in [3.63, 3.8) is 0 Å². The molecule has 2 rings (SSSR count). The van der Waals surface area contributed by atoms with Crippen LogP contribution in [0.1, 0.15) is 30.7 Å². The number of alkyl halides is 3. The summed E-state index contributed by atoms with van der Waals surface area (Å²) in [6, 6.07) is 1.33. The molecular formula is C12H14F3N5. The van der Waals surface area contributed by atoms with E-state index in [1.165, 1.54) is 6.07 Å². The minimum atomic E-state index is -4.61. The second-order valence-corrected chi connectivity index (χ2v) is 4.32. The molecule has 8 heteroatoms. The molecule has 0 bridgehead atoms. The Labute approximate surface area is 113 Å². The van der Waals surface area contributed by atoms with Gasteiger partial charge in [-0.3, -0.25) is 0 Å². The highest BCUT2D eigenvalue weighted by molar-refractivity contribution is 5.31. The van der Waals surface area contributed by atoms with Crippen LogP contribution in [0.4, 0.5) is 19.0 Å². The molecule has 0 saturated heterocycles. The van der Waals surface area contributed by atoms with Gasteiger partial charge in [0.05, 0.1) is 5.69 Å². The van der Waals surface area contributed by atoms with Gasteiger partial charge in [-0.25, -0.2) is 15.0 Å². The maximum Gasteiger partial charge on any atom is 0.451 e. The van der Waals surface area contributed by atoms with Crippen molar-refractivity contribution in [3.05, 3.63) is 35.8 Å². The Morgan fingerprint density at radius 1 is 1.30 bits per heavy atom. The average Bonchev–Trinajstić information content (AvgIpc) is 2.75. The molecule has 0 aromatic carbocycles. The van der Waals surface area contributed by atoms with E-state index in [4.69, 9.17) is 5.73 Å². The van der Waals surface area contributed by atoms with E-state index in [2.05, 4.69) is 15.0 Å². The summed E-state index contributed by atoms with van der Waals surface area (Å²) in [7, 11) is 0. The Morgan fingerprint density at radius 3 is 2.70 bits per heavy atom. The number of aromatic nitrogens is 4. The maximum absolute atomic E-state index is 12.6. The van der Waals surface area contributed by atoms with Gasteiger partial charge in [0, 0.05) is 31.4 Å². The zero-order valence-electron chi connectivity index (χ0n) is 10.9. The van der Waals surface area contributed by atoms with Crippen LogP contribution in [0.5, 0.6) is 0 Å². The molecule has 0 fully saturated rings. The normalized spacial score (nSPS) is 11.8. The van der Waals surface area contributed by atoms with Crippen molar-refractivity contribution >= 4 is 5.82 Å². The number of hydrogen-bond acceptors (Lipinski definition) is 4. The van der Waals surface area contributed by atoms with Crippen LogP contribution in [-0.2, 0) is 19.1 Å². The molecule has 2 heterocycles. The van der Waals surface area contributed by atoms with E-state index in [1.807, 2.05) is 11.5 Å². The molecule has 0 spiro atoms. The fraction of sp³-hybridized carbons (Fsp3) is 0.417. The third-order valence-electron chi connectivity index (χ3n) is 2.66. The van der Waals surface area contributed by atoms with Gasteiger partial charge in [-0.1, -0.05) is 6.92 Å². The zero-order chi connectivity index (χ0) is 14.8. The first kappa shape index (κ1) is 14.3. The van der Waals surface area contributed by atoms with Crippen molar-refractivity contribution < 1.29 is 13.2 Å². The number of anilines is 1. The quantitative estimate of drug-likeness (QED) is 0.935. The maximum atomic E-state index is 12.6. The molecule has 2 aromatic rings. The summed E-state index contributed by atoms with van der Waals surface area (Å²) in [6.07, 6.45) is -0.122. The number of nitrogen functional groups attached to an aromatic ring is 1. The summed E-state index contributed by atoms with van der Waals surface area (Å²) in [5, 5.41) is 0. The average molecular weight is 285 g/mol. The van der Waals surface area contributed by atoms with Crippen molar-refractivity contribution in [3.8, 4) is 0 Å². The van der Waals surface area contributed by atoms with Crippen LogP contribution in [0.25, 0.3) is 0 Å². The minimum Gasteiger partial charge on any atom is -0.384 e. The van der Waals surface area contributed by atoms with Gasteiger partial charge in [0.1, 0.15) is 11.6 Å². The molecule has 108 valence electrons. The van der Waals surface area contributed by atoms with Crippen molar-refractivity contribution in [2.75, 3.05) is 5.73 Å². The van der Waals surface area contributed by atoms with Crippen molar-refractivity contribution in [1.82, 2.24) is 19.5 Å². The fourth-order valence-corrected chi connectivity index (χ4v) is 1.85. The third-order valence-corrected chi connectivity index (χ3v) is 2.66. The Balaban J connectivity index is 2.29. The summed E-state index contributed by atoms with van der Waals surface area (Å²) in [6.45, 7) is 2.76. The van der Waals surface area contributed by atoms with Crippen LogP contribution < -0.4 is 5.73 Å². The number of halogens is 3. The molecule has 0 aliphatic heterocycles. The highest BCUT2D eigenvalue weighted by atomic mass is 19.4. The molecule has 2 N–H and O–H groups in total. The molecule has 2 aromatic heterocycles. The van der Waals surface area contributed by atoms with Crippen molar-refractivity contribution in [1.29, 1.82) is 0 Å². The first-order chi connectivity index (χ1) is 9.40. The minimum absolute atomic E-state index is 0.183. The summed E-state index contributed by atoms with van der Waals surface area (Å²) in [5.74, 6) is -0.768. The molecule has 0 unspecified atom stereocenters. The molecule has 0 aliphatic carbocycles. The van der Waals surface area contributed by atoms with E-state index in [1.54, 1.807) is 12.4 Å². The number of nitrogens with zero attached hydrogens (tertiary/aromatic N) is 4. The van der Waals surface area contributed by atoms with Crippen LogP contribution in [0, 0.1) is 0 Å². The first-order valence-corrected chi connectivity index (χ1v) is 6.10. The monoisotopic (exact) mass is 285 g/mol. The topological polar surface area (TPSA) is 69.6 Å². The van der Waals surface area contributed by atoms with Gasteiger partial charge in [0.2, 0.25) is 5.82 Å².